The van der Waals surface area contributed by atoms with E-state index >= 15 is 0 Å². The molecule has 1 aromatic heterocycles. The number of nitrogens with two attached hydrogens (primary N) is 1. The number of hydrogen-bond acceptors (Lipinski definition) is 4. The van der Waals surface area contributed by atoms with E-state index in [1.807, 2.05) is 12.1 Å². The summed E-state index contributed by atoms with van der Waals surface area (Å²) in [4.78, 5) is 4.53. The molecule has 1 aliphatic carbocycles. The van der Waals surface area contributed by atoms with Gasteiger partial charge >= 0.3 is 0 Å². The van der Waals surface area contributed by atoms with E-state index in [1.165, 1.54) is 0 Å². The molecule has 1 saturated carbocycles. The van der Waals surface area contributed by atoms with Crippen LogP contribution in [0.3, 0.4) is 0 Å². The van der Waals surface area contributed by atoms with Gasteiger partial charge in [-0.3, -0.25) is 0 Å². The largest absolute Gasteiger partial charge is 0.338 e. The third kappa shape index (κ3) is 2.28. The lowest BCUT2D eigenvalue weighted by Gasteiger charge is -2.23. The fraction of sp³-hybridized carbons (Fsp3) is 0.429. The molecule has 0 spiro atoms. The molecule has 2 unspecified atom stereocenters. The highest BCUT2D eigenvalue weighted by molar-refractivity contribution is 9.10. The molecule has 1 fully saturated rings. The van der Waals surface area contributed by atoms with Gasteiger partial charge in [0.25, 0.3) is 0 Å². The van der Waals surface area contributed by atoms with Gasteiger partial charge in [0.2, 0.25) is 11.7 Å². The van der Waals surface area contributed by atoms with Crippen molar-refractivity contribution in [1.82, 2.24) is 10.1 Å². The van der Waals surface area contributed by atoms with Crippen LogP contribution in [0.1, 0.15) is 32.1 Å². The highest BCUT2D eigenvalue weighted by Crippen LogP contribution is 2.39. The smallest absolute Gasteiger partial charge is 0.234 e. The molecule has 6 heteroatoms. The van der Waals surface area contributed by atoms with Gasteiger partial charge in [-0.2, -0.15) is 4.98 Å². The second-order valence-electron chi connectivity index (χ2n) is 5.47. The van der Waals surface area contributed by atoms with Crippen LogP contribution < -0.4 is 5.73 Å². The Balaban J connectivity index is 1.96. The first-order valence-corrected chi connectivity index (χ1v) is 7.73. The fourth-order valence-electron chi connectivity index (χ4n) is 2.67. The Morgan fingerprint density at radius 2 is 2.30 bits per heavy atom. The van der Waals surface area contributed by atoms with Crippen molar-refractivity contribution in [1.29, 1.82) is 0 Å². The van der Waals surface area contributed by atoms with Crippen molar-refractivity contribution in [2.24, 2.45) is 5.73 Å². The summed E-state index contributed by atoms with van der Waals surface area (Å²) < 4.78 is 6.27. The predicted molar refractivity (Wildman–Crippen MR) is 81.6 cm³/mol. The Bertz CT molecular complexity index is 645. The van der Waals surface area contributed by atoms with Crippen molar-refractivity contribution >= 4 is 27.5 Å². The molecule has 0 bridgehead atoms. The maximum absolute atomic E-state index is 6.18. The molecule has 0 saturated heterocycles. The van der Waals surface area contributed by atoms with Crippen LogP contribution in [-0.4, -0.2) is 16.2 Å². The SMILES string of the molecule is CC1(c2nc(-c3ccc(Cl)c(Br)c3)no2)CCCC1N. The lowest BCUT2D eigenvalue weighted by molar-refractivity contribution is 0.278. The molecule has 1 aliphatic rings. The van der Waals surface area contributed by atoms with Crippen LogP contribution in [0.2, 0.25) is 5.02 Å². The van der Waals surface area contributed by atoms with Crippen molar-refractivity contribution in [3.05, 3.63) is 33.6 Å². The summed E-state index contributed by atoms with van der Waals surface area (Å²) >= 11 is 9.39. The summed E-state index contributed by atoms with van der Waals surface area (Å²) in [5.41, 5.74) is 6.84. The van der Waals surface area contributed by atoms with E-state index in [1.54, 1.807) is 6.07 Å². The number of hydrogen-bond donors (Lipinski definition) is 1. The van der Waals surface area contributed by atoms with Crippen LogP contribution in [0.15, 0.2) is 27.2 Å². The van der Waals surface area contributed by atoms with Crippen LogP contribution in [0.25, 0.3) is 11.4 Å². The summed E-state index contributed by atoms with van der Waals surface area (Å²) in [5.74, 6) is 1.20. The van der Waals surface area contributed by atoms with Gasteiger partial charge in [0, 0.05) is 16.1 Å². The minimum Gasteiger partial charge on any atom is -0.338 e. The van der Waals surface area contributed by atoms with Gasteiger partial charge in [0.1, 0.15) is 0 Å². The second kappa shape index (κ2) is 5.13. The standard InChI is InChI=1S/C14H15BrClN3O/c1-14(6-2-3-11(14)17)13-18-12(19-20-13)8-4-5-10(16)9(15)7-8/h4-5,7,11H,2-3,6,17H2,1H3. The predicted octanol–water partition coefficient (Wildman–Crippen LogP) is 3.92. The van der Waals surface area contributed by atoms with Gasteiger partial charge in [-0.05, 0) is 53.9 Å². The van der Waals surface area contributed by atoms with E-state index in [2.05, 4.69) is 33.0 Å². The van der Waals surface area contributed by atoms with Gasteiger partial charge < -0.3 is 10.3 Å². The van der Waals surface area contributed by atoms with Crippen molar-refractivity contribution in [2.45, 2.75) is 37.6 Å². The van der Waals surface area contributed by atoms with E-state index in [0.717, 1.165) is 29.3 Å². The Morgan fingerprint density at radius 1 is 1.50 bits per heavy atom. The first-order chi connectivity index (χ1) is 9.50. The molecule has 4 nitrogen and oxygen atoms in total. The van der Waals surface area contributed by atoms with Gasteiger partial charge in [0.05, 0.1) is 10.4 Å². The van der Waals surface area contributed by atoms with Crippen molar-refractivity contribution in [3.63, 3.8) is 0 Å². The van der Waals surface area contributed by atoms with Crippen molar-refractivity contribution < 1.29 is 4.52 Å². The molecule has 1 heterocycles. The first-order valence-electron chi connectivity index (χ1n) is 6.56. The summed E-state index contributed by atoms with van der Waals surface area (Å²) in [6.07, 6.45) is 3.09. The number of halogens is 2. The van der Waals surface area contributed by atoms with Crippen LogP contribution >= 0.6 is 27.5 Å². The average molecular weight is 357 g/mol. The molecule has 2 atom stereocenters. The van der Waals surface area contributed by atoms with Crippen molar-refractivity contribution in [2.75, 3.05) is 0 Å². The Hall–Kier alpha value is -0.910. The summed E-state index contributed by atoms with van der Waals surface area (Å²) in [6.45, 7) is 2.10. The van der Waals surface area contributed by atoms with Gasteiger partial charge in [-0.25, -0.2) is 0 Å². The summed E-state index contributed by atoms with van der Waals surface area (Å²) in [6, 6.07) is 5.64. The maximum Gasteiger partial charge on any atom is 0.234 e. The monoisotopic (exact) mass is 355 g/mol. The molecular weight excluding hydrogens is 342 g/mol. The number of rotatable bonds is 2. The van der Waals surface area contributed by atoms with Crippen molar-refractivity contribution in [3.8, 4) is 11.4 Å². The highest BCUT2D eigenvalue weighted by Gasteiger charge is 2.42. The van der Waals surface area contributed by atoms with E-state index in [-0.39, 0.29) is 11.5 Å². The molecule has 2 N–H and O–H groups in total. The third-order valence-electron chi connectivity index (χ3n) is 4.12. The molecule has 0 aliphatic heterocycles. The summed E-state index contributed by atoms with van der Waals surface area (Å²) in [5, 5.41) is 4.73. The van der Waals surface area contributed by atoms with Gasteiger partial charge in [-0.15, -0.1) is 0 Å². The first kappa shape index (κ1) is 14.0. The average Bonchev–Trinajstić information content (AvgIpc) is 3.02. The minimum absolute atomic E-state index is 0.0766. The Morgan fingerprint density at radius 3 is 2.95 bits per heavy atom. The normalized spacial score (nSPS) is 26.1. The molecular formula is C14H15BrClN3O. The lowest BCUT2D eigenvalue weighted by atomic mass is 9.85. The van der Waals surface area contributed by atoms with E-state index < -0.39 is 0 Å². The molecule has 2 aromatic rings. The zero-order valence-electron chi connectivity index (χ0n) is 11.1. The quantitative estimate of drug-likeness (QED) is 0.885. The second-order valence-corrected chi connectivity index (χ2v) is 6.73. The lowest BCUT2D eigenvalue weighted by Crippen LogP contribution is -2.38. The van der Waals surface area contributed by atoms with E-state index in [4.69, 9.17) is 21.9 Å². The van der Waals surface area contributed by atoms with Gasteiger partial charge in [-0.1, -0.05) is 23.2 Å². The molecule has 0 radical (unpaired) electrons. The Labute approximate surface area is 130 Å². The number of nitrogens with zero attached hydrogens (tertiary/aromatic N) is 2. The summed E-state index contributed by atoms with van der Waals surface area (Å²) in [7, 11) is 0. The molecule has 106 valence electrons. The molecule has 20 heavy (non-hydrogen) atoms. The van der Waals surface area contributed by atoms with E-state index in [0.29, 0.717) is 16.7 Å². The molecule has 0 amide bonds. The van der Waals surface area contributed by atoms with Crippen LogP contribution in [0.4, 0.5) is 0 Å². The number of aromatic nitrogens is 2. The van der Waals surface area contributed by atoms with Crippen LogP contribution in [-0.2, 0) is 5.41 Å². The fourth-order valence-corrected chi connectivity index (χ4v) is 3.16. The topological polar surface area (TPSA) is 64.9 Å². The zero-order chi connectivity index (χ0) is 14.3. The highest BCUT2D eigenvalue weighted by atomic mass is 79.9. The molecule has 3 rings (SSSR count). The van der Waals surface area contributed by atoms with Crippen LogP contribution in [0, 0.1) is 0 Å². The van der Waals surface area contributed by atoms with E-state index in [9.17, 15) is 0 Å². The molecule has 1 aromatic carbocycles. The minimum atomic E-state index is -0.213. The maximum atomic E-state index is 6.18. The Kier molecular flexibility index (Phi) is 3.60. The number of benzene rings is 1. The van der Waals surface area contributed by atoms with Crippen LogP contribution in [0.5, 0.6) is 0 Å². The zero-order valence-corrected chi connectivity index (χ0v) is 13.4. The third-order valence-corrected chi connectivity index (χ3v) is 5.34. The van der Waals surface area contributed by atoms with Gasteiger partial charge in [0.15, 0.2) is 0 Å².